The highest BCUT2D eigenvalue weighted by atomic mass is 16.3. The molecule has 2 rings (SSSR count). The van der Waals surface area contributed by atoms with Crippen molar-refractivity contribution < 1.29 is 5.11 Å². The van der Waals surface area contributed by atoms with Crippen LogP contribution in [0.25, 0.3) is 0 Å². The second kappa shape index (κ2) is 4.28. The summed E-state index contributed by atoms with van der Waals surface area (Å²) in [5.74, 6) is 1.24. The van der Waals surface area contributed by atoms with E-state index in [1.54, 1.807) is 0 Å². The van der Waals surface area contributed by atoms with Crippen LogP contribution in [0.3, 0.4) is 0 Å². The summed E-state index contributed by atoms with van der Waals surface area (Å²) in [5, 5.41) is 9.69. The van der Waals surface area contributed by atoms with Crippen molar-refractivity contribution in [3.05, 3.63) is 21.9 Å². The van der Waals surface area contributed by atoms with Gasteiger partial charge in [-0.15, -0.1) is 0 Å². The van der Waals surface area contributed by atoms with E-state index in [1.807, 2.05) is 0 Å². The maximum Gasteiger partial charge on any atom is 0.293 e. The number of aromatic nitrogens is 2. The van der Waals surface area contributed by atoms with Crippen LogP contribution < -0.4 is 5.56 Å². The highest BCUT2D eigenvalue weighted by molar-refractivity contribution is 5.28. The molecule has 2 N–H and O–H groups in total. The molecule has 0 radical (unpaired) electrons. The monoisotopic (exact) mass is 222 g/mol. The minimum atomic E-state index is -0.396. The first-order valence-corrected chi connectivity index (χ1v) is 5.90. The Balaban J connectivity index is 2.35. The Morgan fingerprint density at radius 2 is 2.19 bits per heavy atom. The summed E-state index contributed by atoms with van der Waals surface area (Å²) in [4.78, 5) is 18.6. The quantitative estimate of drug-likeness (QED) is 0.821. The van der Waals surface area contributed by atoms with Crippen molar-refractivity contribution in [2.45, 2.75) is 45.4 Å². The Labute approximate surface area is 94.7 Å². The van der Waals surface area contributed by atoms with Crippen molar-refractivity contribution >= 4 is 0 Å². The number of hydrogen-bond donors (Lipinski definition) is 2. The summed E-state index contributed by atoms with van der Waals surface area (Å²) in [6.45, 7) is 4.16. The maximum atomic E-state index is 11.5. The fourth-order valence-electron chi connectivity index (χ4n) is 1.98. The zero-order valence-electron chi connectivity index (χ0n) is 9.79. The van der Waals surface area contributed by atoms with Crippen LogP contribution in [0.2, 0.25) is 0 Å². The first-order valence-electron chi connectivity index (χ1n) is 5.90. The van der Waals surface area contributed by atoms with Crippen molar-refractivity contribution in [1.82, 2.24) is 9.97 Å². The van der Waals surface area contributed by atoms with Gasteiger partial charge in [0, 0.05) is 12.3 Å². The van der Waals surface area contributed by atoms with Crippen LogP contribution in [-0.2, 0) is 6.42 Å². The molecule has 0 unspecified atom stereocenters. The van der Waals surface area contributed by atoms with E-state index in [-0.39, 0.29) is 11.7 Å². The molecule has 4 heteroatoms. The molecule has 1 heterocycles. The van der Waals surface area contributed by atoms with Crippen molar-refractivity contribution in [3.8, 4) is 5.75 Å². The molecule has 1 saturated carbocycles. The molecular weight excluding hydrogens is 204 g/mol. The summed E-state index contributed by atoms with van der Waals surface area (Å²) in [5.41, 5.74) is 0.207. The van der Waals surface area contributed by atoms with Gasteiger partial charge in [-0.05, 0) is 18.8 Å². The lowest BCUT2D eigenvalue weighted by atomic mass is 9.82. The van der Waals surface area contributed by atoms with Gasteiger partial charge in [0.1, 0.15) is 5.82 Å². The van der Waals surface area contributed by atoms with Gasteiger partial charge in [0.05, 0.1) is 5.69 Å². The SMILES string of the molecule is CC(C)Cc1nc(C2CCC2)c(O)c(=O)[nH]1. The Kier molecular flexibility index (Phi) is 2.99. The third-order valence-corrected chi connectivity index (χ3v) is 3.06. The van der Waals surface area contributed by atoms with Gasteiger partial charge >= 0.3 is 0 Å². The maximum absolute atomic E-state index is 11.5. The fraction of sp³-hybridized carbons (Fsp3) is 0.667. The number of aromatic hydroxyl groups is 1. The topological polar surface area (TPSA) is 66.0 Å². The van der Waals surface area contributed by atoms with Gasteiger partial charge in [0.2, 0.25) is 5.75 Å². The number of rotatable bonds is 3. The highest BCUT2D eigenvalue weighted by Crippen LogP contribution is 2.37. The third-order valence-electron chi connectivity index (χ3n) is 3.06. The molecule has 1 aromatic rings. The molecule has 88 valence electrons. The molecule has 1 aromatic heterocycles. The lowest BCUT2D eigenvalue weighted by Gasteiger charge is -2.25. The fourth-order valence-corrected chi connectivity index (χ4v) is 1.98. The molecule has 0 saturated heterocycles. The zero-order valence-corrected chi connectivity index (χ0v) is 9.79. The van der Waals surface area contributed by atoms with E-state index < -0.39 is 5.56 Å². The standard InChI is InChI=1S/C12H18N2O2/c1-7(2)6-9-13-10(8-4-3-5-8)11(15)12(16)14-9/h7-8,15H,3-6H2,1-2H3,(H,13,14,16). The van der Waals surface area contributed by atoms with Crippen LogP contribution >= 0.6 is 0 Å². The van der Waals surface area contributed by atoms with E-state index in [4.69, 9.17) is 0 Å². The predicted octanol–water partition coefficient (Wildman–Crippen LogP) is 1.94. The molecule has 0 spiro atoms. The molecule has 0 atom stereocenters. The van der Waals surface area contributed by atoms with E-state index in [2.05, 4.69) is 23.8 Å². The Hall–Kier alpha value is -1.32. The molecule has 1 fully saturated rings. The summed E-state index contributed by atoms with van der Waals surface area (Å²) in [6, 6.07) is 0. The van der Waals surface area contributed by atoms with Crippen molar-refractivity contribution in [1.29, 1.82) is 0 Å². The Bertz CT molecular complexity index is 433. The minimum Gasteiger partial charge on any atom is -0.502 e. The summed E-state index contributed by atoms with van der Waals surface area (Å²) in [6.07, 6.45) is 3.98. The lowest BCUT2D eigenvalue weighted by molar-refractivity contribution is 0.376. The normalized spacial score (nSPS) is 16.4. The average molecular weight is 222 g/mol. The van der Waals surface area contributed by atoms with Gasteiger partial charge in [-0.2, -0.15) is 0 Å². The predicted molar refractivity (Wildman–Crippen MR) is 61.7 cm³/mol. The second-order valence-corrected chi connectivity index (χ2v) is 4.97. The molecule has 1 aliphatic carbocycles. The largest absolute Gasteiger partial charge is 0.502 e. The molecule has 0 amide bonds. The van der Waals surface area contributed by atoms with Crippen LogP contribution in [0.5, 0.6) is 5.75 Å². The minimum absolute atomic E-state index is 0.183. The van der Waals surface area contributed by atoms with Crippen LogP contribution in [0.15, 0.2) is 4.79 Å². The second-order valence-electron chi connectivity index (χ2n) is 4.97. The van der Waals surface area contributed by atoms with E-state index in [0.717, 1.165) is 25.7 Å². The van der Waals surface area contributed by atoms with Crippen molar-refractivity contribution in [2.24, 2.45) is 5.92 Å². The van der Waals surface area contributed by atoms with Gasteiger partial charge in [0.25, 0.3) is 5.56 Å². The van der Waals surface area contributed by atoms with Gasteiger partial charge < -0.3 is 10.1 Å². The Morgan fingerprint density at radius 3 is 2.69 bits per heavy atom. The number of H-pyrrole nitrogens is 1. The molecule has 0 aliphatic heterocycles. The van der Waals surface area contributed by atoms with Gasteiger partial charge in [0.15, 0.2) is 0 Å². The first-order chi connectivity index (χ1) is 7.58. The number of aromatic amines is 1. The summed E-state index contributed by atoms with van der Waals surface area (Å²) >= 11 is 0. The van der Waals surface area contributed by atoms with E-state index in [9.17, 15) is 9.90 Å². The van der Waals surface area contributed by atoms with E-state index in [0.29, 0.717) is 17.4 Å². The third kappa shape index (κ3) is 2.10. The molecule has 16 heavy (non-hydrogen) atoms. The van der Waals surface area contributed by atoms with Gasteiger partial charge in [-0.3, -0.25) is 4.79 Å². The van der Waals surface area contributed by atoms with Crippen LogP contribution in [0, 0.1) is 5.92 Å². The van der Waals surface area contributed by atoms with Crippen LogP contribution in [0.1, 0.15) is 50.5 Å². The summed E-state index contributed by atoms with van der Waals surface area (Å²) in [7, 11) is 0. The number of nitrogens with zero attached hydrogens (tertiary/aromatic N) is 1. The number of hydrogen-bond acceptors (Lipinski definition) is 3. The van der Waals surface area contributed by atoms with E-state index in [1.165, 1.54) is 0 Å². The van der Waals surface area contributed by atoms with Crippen molar-refractivity contribution in [3.63, 3.8) is 0 Å². The van der Waals surface area contributed by atoms with Crippen LogP contribution in [-0.4, -0.2) is 15.1 Å². The lowest BCUT2D eigenvalue weighted by Crippen LogP contribution is -2.20. The van der Waals surface area contributed by atoms with E-state index >= 15 is 0 Å². The average Bonchev–Trinajstić information content (AvgIpc) is 2.09. The molecule has 0 bridgehead atoms. The van der Waals surface area contributed by atoms with Gasteiger partial charge in [-0.1, -0.05) is 20.3 Å². The highest BCUT2D eigenvalue weighted by Gasteiger charge is 2.25. The van der Waals surface area contributed by atoms with Crippen LogP contribution in [0.4, 0.5) is 0 Å². The smallest absolute Gasteiger partial charge is 0.293 e. The molecule has 4 nitrogen and oxygen atoms in total. The molecule has 1 aliphatic rings. The molecular formula is C12H18N2O2. The van der Waals surface area contributed by atoms with Crippen molar-refractivity contribution in [2.75, 3.05) is 0 Å². The number of nitrogens with one attached hydrogen (secondary N) is 1. The summed E-state index contributed by atoms with van der Waals surface area (Å²) < 4.78 is 0. The zero-order chi connectivity index (χ0) is 11.7. The van der Waals surface area contributed by atoms with Gasteiger partial charge in [-0.25, -0.2) is 4.98 Å². The molecule has 0 aromatic carbocycles. The first kappa shape index (κ1) is 11.2. The Morgan fingerprint density at radius 1 is 1.50 bits per heavy atom.